The van der Waals surface area contributed by atoms with Gasteiger partial charge in [-0.25, -0.2) is 19.2 Å². The summed E-state index contributed by atoms with van der Waals surface area (Å²) in [6.45, 7) is 23.8. The molecule has 13 heteroatoms. The van der Waals surface area contributed by atoms with Gasteiger partial charge in [-0.3, -0.25) is 9.69 Å². The zero-order valence-corrected chi connectivity index (χ0v) is 30.0. The Morgan fingerprint density at radius 3 is 1.33 bits per heavy atom. The molecule has 45 heavy (non-hydrogen) atoms. The predicted molar refractivity (Wildman–Crippen MR) is 172 cm³/mol. The summed E-state index contributed by atoms with van der Waals surface area (Å²) in [5.41, 5.74) is -2.77. The Bertz CT molecular complexity index is 973. The third-order valence-corrected chi connectivity index (χ3v) is 5.55. The van der Waals surface area contributed by atoms with E-state index in [0.717, 1.165) is 0 Å². The number of alkyl carbamates (subject to hydrolysis) is 2. The Morgan fingerprint density at radius 1 is 0.556 bits per heavy atom. The van der Waals surface area contributed by atoms with Crippen molar-refractivity contribution in [2.24, 2.45) is 0 Å². The highest BCUT2D eigenvalue weighted by Gasteiger charge is 2.31. The van der Waals surface area contributed by atoms with Gasteiger partial charge in [0.2, 0.25) is 0 Å². The van der Waals surface area contributed by atoms with Crippen LogP contribution >= 0.6 is 0 Å². The molecule has 1 unspecified atom stereocenters. The molecule has 0 rings (SSSR count). The fraction of sp³-hybridized carbons (Fsp3) is 0.844. The summed E-state index contributed by atoms with van der Waals surface area (Å²) in [5.74, 6) is -0.230. The number of nitrogens with one attached hydrogen (secondary N) is 2. The summed E-state index contributed by atoms with van der Waals surface area (Å²) in [6, 6.07) is -0.810. The van der Waals surface area contributed by atoms with E-state index in [1.54, 1.807) is 83.1 Å². The Labute approximate surface area is 270 Å². The van der Waals surface area contributed by atoms with Crippen LogP contribution in [0, 0.1) is 0 Å². The lowest BCUT2D eigenvalue weighted by atomic mass is 10.1. The molecule has 262 valence electrons. The van der Waals surface area contributed by atoms with Crippen molar-refractivity contribution >= 4 is 30.2 Å². The van der Waals surface area contributed by atoms with Crippen LogP contribution in [0.5, 0.6) is 0 Å². The number of hydrogen-bond acceptors (Lipinski definition) is 9. The van der Waals surface area contributed by atoms with Gasteiger partial charge in [0.05, 0.1) is 6.04 Å². The summed E-state index contributed by atoms with van der Waals surface area (Å²) >= 11 is 0. The quantitative estimate of drug-likeness (QED) is 0.171. The minimum Gasteiger partial charge on any atom is -0.444 e. The van der Waals surface area contributed by atoms with Crippen LogP contribution in [0.2, 0.25) is 0 Å². The van der Waals surface area contributed by atoms with E-state index in [9.17, 15) is 24.0 Å². The minimum absolute atomic E-state index is 0.154. The molecule has 0 spiro atoms. The van der Waals surface area contributed by atoms with Gasteiger partial charge in [0.1, 0.15) is 22.4 Å². The molecule has 0 saturated carbocycles. The minimum atomic E-state index is -0.810. The highest BCUT2D eigenvalue weighted by Crippen LogP contribution is 2.18. The van der Waals surface area contributed by atoms with E-state index >= 15 is 0 Å². The van der Waals surface area contributed by atoms with Gasteiger partial charge in [-0.1, -0.05) is 0 Å². The van der Waals surface area contributed by atoms with Gasteiger partial charge in [-0.05, 0) is 116 Å². The van der Waals surface area contributed by atoms with Crippen LogP contribution in [-0.2, 0) is 23.7 Å². The number of ketones is 1. The van der Waals surface area contributed by atoms with Crippen LogP contribution in [0.25, 0.3) is 0 Å². The number of amides is 4. The summed E-state index contributed by atoms with van der Waals surface area (Å²) in [7, 11) is 0. The second-order valence-electron chi connectivity index (χ2n) is 15.0. The highest BCUT2D eigenvalue weighted by atomic mass is 16.6. The molecule has 0 heterocycles. The van der Waals surface area contributed by atoms with Gasteiger partial charge < -0.3 is 34.5 Å². The van der Waals surface area contributed by atoms with E-state index in [4.69, 9.17) is 18.9 Å². The van der Waals surface area contributed by atoms with Gasteiger partial charge in [0, 0.05) is 32.7 Å². The largest absolute Gasteiger partial charge is 0.444 e. The molecule has 4 amide bonds. The molecule has 0 aliphatic rings. The Balaban J connectivity index is 5.53. The average molecular weight is 645 g/mol. The van der Waals surface area contributed by atoms with Crippen LogP contribution in [0.1, 0.15) is 116 Å². The van der Waals surface area contributed by atoms with Gasteiger partial charge in [-0.15, -0.1) is 0 Å². The number of rotatable bonds is 14. The third-order valence-electron chi connectivity index (χ3n) is 5.55. The normalized spacial score (nSPS) is 12.8. The lowest BCUT2D eigenvalue weighted by molar-refractivity contribution is -0.122. The number of ether oxygens (including phenoxy) is 4. The second kappa shape index (κ2) is 18.0. The van der Waals surface area contributed by atoms with E-state index < -0.39 is 52.8 Å². The van der Waals surface area contributed by atoms with Crippen LogP contribution in [-0.4, -0.2) is 101 Å². The first-order chi connectivity index (χ1) is 20.3. The Hall–Kier alpha value is -3.25. The second-order valence-corrected chi connectivity index (χ2v) is 15.0. The predicted octanol–water partition coefficient (Wildman–Crippen LogP) is 6.03. The van der Waals surface area contributed by atoms with E-state index in [-0.39, 0.29) is 38.4 Å². The monoisotopic (exact) mass is 644 g/mol. The molecule has 0 aliphatic carbocycles. The highest BCUT2D eigenvalue weighted by molar-refractivity contribution is 5.85. The molecular weight excluding hydrogens is 584 g/mol. The molecule has 0 radical (unpaired) electrons. The average Bonchev–Trinajstić information content (AvgIpc) is 2.79. The fourth-order valence-corrected chi connectivity index (χ4v) is 3.90. The molecule has 0 aromatic rings. The number of carbonyl (C=O) groups is 5. The third kappa shape index (κ3) is 22.0. The van der Waals surface area contributed by atoms with Crippen molar-refractivity contribution in [1.82, 2.24) is 20.4 Å². The zero-order chi connectivity index (χ0) is 35.2. The SMILES string of the molecule is CC(=O)C(CCCN(CCCNC(=O)OC(C)(C)C)C(=O)OC(C)(C)C)N(CCCNC(=O)OC(C)(C)C)C(=O)OC(C)(C)C. The molecule has 0 aromatic carbocycles. The molecular formula is C32H60N4O9. The maximum absolute atomic E-state index is 13.2. The summed E-state index contributed by atoms with van der Waals surface area (Å²) in [4.78, 5) is 66.0. The Morgan fingerprint density at radius 2 is 0.933 bits per heavy atom. The molecule has 0 aliphatic heterocycles. The van der Waals surface area contributed by atoms with Crippen molar-refractivity contribution in [1.29, 1.82) is 0 Å². The van der Waals surface area contributed by atoms with Crippen LogP contribution in [0.4, 0.5) is 19.2 Å². The Kier molecular flexibility index (Phi) is 16.7. The lowest BCUT2D eigenvalue weighted by Crippen LogP contribution is -2.48. The lowest BCUT2D eigenvalue weighted by Gasteiger charge is -2.33. The summed E-state index contributed by atoms with van der Waals surface area (Å²) in [5, 5.41) is 5.35. The van der Waals surface area contributed by atoms with Crippen molar-refractivity contribution in [2.45, 2.75) is 144 Å². The maximum atomic E-state index is 13.2. The first-order valence-corrected chi connectivity index (χ1v) is 15.7. The van der Waals surface area contributed by atoms with E-state index in [0.29, 0.717) is 25.8 Å². The first-order valence-electron chi connectivity index (χ1n) is 15.7. The van der Waals surface area contributed by atoms with Crippen molar-refractivity contribution in [3.8, 4) is 0 Å². The molecule has 0 saturated heterocycles. The van der Waals surface area contributed by atoms with Crippen molar-refractivity contribution in [3.05, 3.63) is 0 Å². The standard InChI is InChI=1S/C32H60N4O9/c1-23(37)24(36(28(41)45-32(11,12)13)22-16-19-34-26(39)43-30(5,6)7)17-14-20-35(27(40)44-31(8,9)10)21-15-18-33-25(38)42-29(2,3)4/h24H,14-22H2,1-13H3,(H,33,38)(H,34,39). The van der Waals surface area contributed by atoms with Crippen molar-refractivity contribution in [3.63, 3.8) is 0 Å². The molecule has 2 N–H and O–H groups in total. The van der Waals surface area contributed by atoms with Gasteiger partial charge in [0.25, 0.3) is 0 Å². The van der Waals surface area contributed by atoms with Gasteiger partial charge >= 0.3 is 24.4 Å². The van der Waals surface area contributed by atoms with Gasteiger partial charge in [-0.2, -0.15) is 0 Å². The molecule has 0 aromatic heterocycles. The van der Waals surface area contributed by atoms with E-state index in [2.05, 4.69) is 10.6 Å². The number of nitrogens with zero attached hydrogens (tertiary/aromatic N) is 2. The number of Topliss-reactive ketones (excluding diaryl/α,β-unsaturated/α-hetero) is 1. The van der Waals surface area contributed by atoms with Gasteiger partial charge in [0.15, 0.2) is 5.78 Å². The molecule has 1 atom stereocenters. The topological polar surface area (TPSA) is 153 Å². The first kappa shape index (κ1) is 41.8. The van der Waals surface area contributed by atoms with Crippen LogP contribution < -0.4 is 10.6 Å². The van der Waals surface area contributed by atoms with Crippen molar-refractivity contribution in [2.75, 3.05) is 32.7 Å². The molecule has 13 nitrogen and oxygen atoms in total. The smallest absolute Gasteiger partial charge is 0.410 e. The van der Waals surface area contributed by atoms with E-state index in [1.165, 1.54) is 16.7 Å². The fourth-order valence-electron chi connectivity index (χ4n) is 3.90. The summed E-state index contributed by atoms with van der Waals surface area (Å²) < 4.78 is 21.7. The van der Waals surface area contributed by atoms with Crippen molar-refractivity contribution < 1.29 is 42.9 Å². The zero-order valence-electron chi connectivity index (χ0n) is 30.0. The van der Waals surface area contributed by atoms with E-state index in [1.807, 2.05) is 0 Å². The van der Waals surface area contributed by atoms with Crippen LogP contribution in [0.3, 0.4) is 0 Å². The molecule has 0 bridgehead atoms. The number of carbonyl (C=O) groups excluding carboxylic acids is 5. The summed E-state index contributed by atoms with van der Waals surface area (Å²) in [6.07, 6.45) is -0.812. The number of hydrogen-bond donors (Lipinski definition) is 2. The molecule has 0 fully saturated rings. The van der Waals surface area contributed by atoms with Crippen LogP contribution in [0.15, 0.2) is 0 Å². The maximum Gasteiger partial charge on any atom is 0.410 e.